The van der Waals surface area contributed by atoms with Crippen molar-refractivity contribution in [2.24, 2.45) is 4.99 Å². The number of nitrogens with one attached hydrogen (secondary N) is 3. The summed E-state index contributed by atoms with van der Waals surface area (Å²) in [7, 11) is 1.64. The average molecular weight is 454 g/mol. The second-order valence-corrected chi connectivity index (χ2v) is 6.82. The molecule has 0 unspecified atom stereocenters. The molecule has 0 bridgehead atoms. The molecule has 0 aliphatic rings. The van der Waals surface area contributed by atoms with Gasteiger partial charge in [0.05, 0.1) is 6.54 Å². The summed E-state index contributed by atoms with van der Waals surface area (Å²) in [5.74, 6) is -0.100. The molecule has 130 valence electrons. The molecule has 5 nitrogen and oxygen atoms in total. The van der Waals surface area contributed by atoms with E-state index in [-0.39, 0.29) is 47.0 Å². The molecule has 0 atom stereocenters. The van der Waals surface area contributed by atoms with Gasteiger partial charge in [0, 0.05) is 24.0 Å². The smallest absolute Gasteiger partial charge is 0.243 e. The molecule has 3 N–H and O–H groups in total. The first-order valence-electron chi connectivity index (χ1n) is 6.91. The highest BCUT2D eigenvalue weighted by atomic mass is 127. The van der Waals surface area contributed by atoms with Crippen LogP contribution in [0, 0.1) is 5.82 Å². The van der Waals surface area contributed by atoms with Gasteiger partial charge in [-0.3, -0.25) is 9.79 Å². The zero-order valence-corrected chi connectivity index (χ0v) is 16.9. The van der Waals surface area contributed by atoms with Crippen molar-refractivity contribution in [3.63, 3.8) is 0 Å². The third-order valence-corrected chi connectivity index (χ3v) is 4.23. The zero-order chi connectivity index (χ0) is 16.6. The van der Waals surface area contributed by atoms with Gasteiger partial charge in [-0.25, -0.2) is 4.39 Å². The van der Waals surface area contributed by atoms with E-state index in [9.17, 15) is 9.18 Å². The van der Waals surface area contributed by atoms with E-state index in [1.54, 1.807) is 30.9 Å². The molecule has 1 amide bonds. The molecule has 1 rings (SSSR count). The highest BCUT2D eigenvalue weighted by Crippen LogP contribution is 2.19. The maximum Gasteiger partial charge on any atom is 0.243 e. The molecule has 8 heteroatoms. The van der Waals surface area contributed by atoms with Gasteiger partial charge in [0.15, 0.2) is 5.96 Å². The number of hydrogen-bond donors (Lipinski definition) is 3. The second-order valence-electron chi connectivity index (χ2n) is 5.30. The SMILES string of the molecule is CN=C(NCC(=O)Nc1cccc(F)c1)NCC(C)(C)SC.I. The van der Waals surface area contributed by atoms with Gasteiger partial charge in [0.25, 0.3) is 0 Å². The predicted octanol–water partition coefficient (Wildman–Crippen LogP) is 2.69. The Balaban J connectivity index is 0.00000484. The van der Waals surface area contributed by atoms with Gasteiger partial charge >= 0.3 is 0 Å². The Bertz CT molecular complexity index is 540. The molecule has 0 aliphatic carbocycles. The number of carbonyl (C=O) groups excluding carboxylic acids is 1. The number of halogens is 2. The maximum atomic E-state index is 13.0. The Labute approximate surface area is 158 Å². The van der Waals surface area contributed by atoms with Gasteiger partial charge in [-0.05, 0) is 38.3 Å². The lowest BCUT2D eigenvalue weighted by Gasteiger charge is -2.23. The van der Waals surface area contributed by atoms with Gasteiger partial charge in [0.1, 0.15) is 5.82 Å². The van der Waals surface area contributed by atoms with Crippen LogP contribution in [0.4, 0.5) is 10.1 Å². The molecule has 1 aromatic carbocycles. The third-order valence-electron chi connectivity index (χ3n) is 2.98. The third kappa shape index (κ3) is 8.99. The zero-order valence-electron chi connectivity index (χ0n) is 13.8. The maximum absolute atomic E-state index is 13.0. The lowest BCUT2D eigenvalue weighted by Crippen LogP contribution is -2.45. The Kier molecular flexibility index (Phi) is 10.2. The van der Waals surface area contributed by atoms with Crippen LogP contribution < -0.4 is 16.0 Å². The first-order valence-corrected chi connectivity index (χ1v) is 8.14. The van der Waals surface area contributed by atoms with Crippen molar-refractivity contribution >= 4 is 53.3 Å². The number of guanidine groups is 1. The van der Waals surface area contributed by atoms with E-state index in [0.29, 0.717) is 11.6 Å². The molecular weight excluding hydrogens is 430 g/mol. The molecule has 0 spiro atoms. The Morgan fingerprint density at radius 2 is 2.04 bits per heavy atom. The summed E-state index contributed by atoms with van der Waals surface area (Å²) in [4.78, 5) is 15.9. The van der Waals surface area contributed by atoms with Crippen molar-refractivity contribution in [1.82, 2.24) is 10.6 Å². The number of anilines is 1. The standard InChI is InChI=1S/C15H23FN4OS.HI/c1-15(2,22-4)10-19-14(17-3)18-9-13(21)20-12-7-5-6-11(16)8-12;/h5-8H,9-10H2,1-4H3,(H,20,21)(H2,17,18,19);1H. The van der Waals surface area contributed by atoms with E-state index >= 15 is 0 Å². The van der Waals surface area contributed by atoms with Crippen molar-refractivity contribution in [2.75, 3.05) is 31.7 Å². The molecule has 23 heavy (non-hydrogen) atoms. The van der Waals surface area contributed by atoms with Crippen molar-refractivity contribution in [3.8, 4) is 0 Å². The summed E-state index contributed by atoms with van der Waals surface area (Å²) in [5, 5.41) is 8.71. The van der Waals surface area contributed by atoms with Gasteiger partial charge in [0.2, 0.25) is 5.91 Å². The fourth-order valence-electron chi connectivity index (χ4n) is 1.52. The van der Waals surface area contributed by atoms with Gasteiger partial charge in [-0.2, -0.15) is 11.8 Å². The van der Waals surface area contributed by atoms with Crippen LogP contribution in [0.3, 0.4) is 0 Å². The highest BCUT2D eigenvalue weighted by Gasteiger charge is 2.16. The van der Waals surface area contributed by atoms with Crippen LogP contribution in [-0.4, -0.2) is 43.0 Å². The summed E-state index contributed by atoms with van der Waals surface area (Å²) < 4.78 is 13.1. The van der Waals surface area contributed by atoms with Crippen molar-refractivity contribution in [3.05, 3.63) is 30.1 Å². The minimum atomic E-state index is -0.387. The first kappa shape index (κ1) is 22.0. The van der Waals surface area contributed by atoms with Gasteiger partial charge in [-0.15, -0.1) is 24.0 Å². The lowest BCUT2D eigenvalue weighted by molar-refractivity contribution is -0.115. The summed E-state index contributed by atoms with van der Waals surface area (Å²) in [6, 6.07) is 5.78. The van der Waals surface area contributed by atoms with Crippen molar-refractivity contribution in [2.45, 2.75) is 18.6 Å². The molecule has 0 heterocycles. The number of amides is 1. The van der Waals surface area contributed by atoms with Gasteiger partial charge in [-0.1, -0.05) is 6.07 Å². The largest absolute Gasteiger partial charge is 0.355 e. The summed E-state index contributed by atoms with van der Waals surface area (Å²) >= 11 is 1.75. The minimum Gasteiger partial charge on any atom is -0.355 e. The molecular formula is C15H24FIN4OS. The topological polar surface area (TPSA) is 65.5 Å². The van der Waals surface area contributed by atoms with E-state index in [1.807, 2.05) is 6.26 Å². The average Bonchev–Trinajstić information content (AvgIpc) is 2.47. The fraction of sp³-hybridized carbons (Fsp3) is 0.467. The van der Waals surface area contributed by atoms with Crippen LogP contribution in [0.2, 0.25) is 0 Å². The van der Waals surface area contributed by atoms with Crippen LogP contribution in [-0.2, 0) is 4.79 Å². The number of carbonyl (C=O) groups is 1. The molecule has 1 aromatic rings. The van der Waals surface area contributed by atoms with Crippen LogP contribution in [0.1, 0.15) is 13.8 Å². The first-order chi connectivity index (χ1) is 10.4. The van der Waals surface area contributed by atoms with E-state index in [0.717, 1.165) is 6.54 Å². The molecule has 0 aliphatic heterocycles. The van der Waals surface area contributed by atoms with Crippen LogP contribution in [0.5, 0.6) is 0 Å². The number of rotatable bonds is 6. The monoisotopic (exact) mass is 454 g/mol. The minimum absolute atomic E-state index is 0. The molecule has 0 saturated carbocycles. The number of hydrogen-bond acceptors (Lipinski definition) is 3. The van der Waals surface area contributed by atoms with Crippen molar-refractivity contribution in [1.29, 1.82) is 0 Å². The molecule has 0 aromatic heterocycles. The van der Waals surface area contributed by atoms with Crippen LogP contribution in [0.25, 0.3) is 0 Å². The van der Waals surface area contributed by atoms with Gasteiger partial charge < -0.3 is 16.0 Å². The van der Waals surface area contributed by atoms with Crippen molar-refractivity contribution < 1.29 is 9.18 Å². The Morgan fingerprint density at radius 3 is 2.61 bits per heavy atom. The summed E-state index contributed by atoms with van der Waals surface area (Å²) in [6.07, 6.45) is 2.05. The summed E-state index contributed by atoms with van der Waals surface area (Å²) in [6.45, 7) is 5.01. The number of benzene rings is 1. The normalized spacial score (nSPS) is 11.4. The highest BCUT2D eigenvalue weighted by molar-refractivity contribution is 14.0. The van der Waals surface area contributed by atoms with E-state index in [1.165, 1.54) is 12.1 Å². The van der Waals surface area contributed by atoms with E-state index < -0.39 is 0 Å². The quantitative estimate of drug-likeness (QED) is 0.352. The summed E-state index contributed by atoms with van der Waals surface area (Å²) in [5.41, 5.74) is 0.429. The molecule has 0 fully saturated rings. The fourth-order valence-corrected chi connectivity index (χ4v) is 1.74. The molecule has 0 radical (unpaired) electrons. The number of thioether (sulfide) groups is 1. The second kappa shape index (κ2) is 10.7. The Morgan fingerprint density at radius 1 is 1.35 bits per heavy atom. The Hall–Kier alpha value is -1.03. The predicted molar refractivity (Wildman–Crippen MR) is 107 cm³/mol. The molecule has 0 saturated heterocycles. The van der Waals surface area contributed by atoms with E-state index in [2.05, 4.69) is 34.8 Å². The lowest BCUT2D eigenvalue weighted by atomic mass is 10.2. The van der Waals surface area contributed by atoms with Crippen LogP contribution >= 0.6 is 35.7 Å². The number of aliphatic imine (C=N–C) groups is 1. The number of nitrogens with zero attached hydrogens (tertiary/aromatic N) is 1. The van der Waals surface area contributed by atoms with Crippen LogP contribution in [0.15, 0.2) is 29.3 Å². The van der Waals surface area contributed by atoms with E-state index in [4.69, 9.17) is 0 Å².